The third kappa shape index (κ3) is 1.78. The number of pyridine rings is 1. The molecule has 1 atom stereocenters. The Morgan fingerprint density at radius 3 is 2.58 bits per heavy atom. The second-order valence-electron chi connectivity index (χ2n) is 2.49. The van der Waals surface area contributed by atoms with Crippen LogP contribution < -0.4 is 10.0 Å². The maximum absolute atomic E-state index is 8.57. The highest BCUT2D eigenvalue weighted by Crippen LogP contribution is 2.07. The van der Waals surface area contributed by atoms with Crippen LogP contribution in [0.4, 0.5) is 0 Å². The predicted molar refractivity (Wildman–Crippen MR) is 40.9 cm³/mol. The first kappa shape index (κ1) is 8.65. The lowest BCUT2D eigenvalue weighted by Gasteiger charge is -2.03. The van der Waals surface area contributed by atoms with Crippen molar-refractivity contribution in [3.05, 3.63) is 30.1 Å². The summed E-state index contributed by atoms with van der Waals surface area (Å²) in [6, 6.07) is 4.82. The zero-order valence-electron chi connectivity index (χ0n) is 6.73. The van der Waals surface area contributed by atoms with Crippen molar-refractivity contribution in [3.8, 4) is 6.07 Å². The Bertz CT molecular complexity index is 288. The summed E-state index contributed by atoms with van der Waals surface area (Å²) < 4.78 is 1.86. The van der Waals surface area contributed by atoms with E-state index in [2.05, 4.69) is 0 Å². The van der Waals surface area contributed by atoms with E-state index in [9.17, 15) is 0 Å². The van der Waals surface area contributed by atoms with Crippen LogP contribution in [0.1, 0.15) is 11.6 Å². The van der Waals surface area contributed by atoms with Gasteiger partial charge < -0.3 is 5.21 Å². The van der Waals surface area contributed by atoms with Crippen LogP contribution in [0.25, 0.3) is 0 Å². The monoisotopic (exact) mass is 164 g/mol. The smallest absolute Gasteiger partial charge is 0.168 e. The van der Waals surface area contributed by atoms with Crippen molar-refractivity contribution in [2.24, 2.45) is 7.05 Å². The lowest BCUT2D eigenvalue weighted by atomic mass is 10.1. The van der Waals surface area contributed by atoms with Gasteiger partial charge in [-0.3, -0.25) is 0 Å². The van der Waals surface area contributed by atoms with E-state index in [1.807, 2.05) is 35.6 Å². The standard InChI is InChI=1S/C8H10N3O/c1-11-4-2-7(3-5-11)8(6-9)10-12/h2-5,8,10,12H,1H3/q+1. The molecule has 0 fully saturated rings. The minimum atomic E-state index is -0.647. The number of nitriles is 1. The van der Waals surface area contributed by atoms with Crippen LogP contribution in [-0.2, 0) is 7.05 Å². The van der Waals surface area contributed by atoms with Gasteiger partial charge in [-0.1, -0.05) is 0 Å². The number of rotatable bonds is 2. The molecule has 1 aromatic heterocycles. The van der Waals surface area contributed by atoms with Crippen LogP contribution in [0, 0.1) is 11.3 Å². The second-order valence-corrected chi connectivity index (χ2v) is 2.49. The number of hydrogen-bond acceptors (Lipinski definition) is 3. The number of aromatic nitrogens is 1. The van der Waals surface area contributed by atoms with Crippen LogP contribution in [0.3, 0.4) is 0 Å². The molecule has 0 aliphatic carbocycles. The number of hydrogen-bond donors (Lipinski definition) is 2. The molecule has 0 saturated carbocycles. The molecule has 4 nitrogen and oxygen atoms in total. The van der Waals surface area contributed by atoms with Crippen molar-refractivity contribution in [2.75, 3.05) is 0 Å². The van der Waals surface area contributed by atoms with Crippen molar-refractivity contribution in [3.63, 3.8) is 0 Å². The predicted octanol–water partition coefficient (Wildman–Crippen LogP) is 0.0546. The summed E-state index contributed by atoms with van der Waals surface area (Å²) in [5, 5.41) is 17.1. The van der Waals surface area contributed by atoms with Gasteiger partial charge in [0.2, 0.25) is 0 Å². The molecule has 0 radical (unpaired) electrons. The molecule has 0 aromatic carbocycles. The van der Waals surface area contributed by atoms with Gasteiger partial charge in [-0.05, 0) is 5.56 Å². The van der Waals surface area contributed by atoms with E-state index in [1.54, 1.807) is 12.1 Å². The molecule has 1 heterocycles. The average molecular weight is 164 g/mol. The van der Waals surface area contributed by atoms with Crippen LogP contribution in [0.15, 0.2) is 24.5 Å². The molecule has 0 aliphatic rings. The van der Waals surface area contributed by atoms with Gasteiger partial charge in [0, 0.05) is 12.1 Å². The first-order chi connectivity index (χ1) is 5.77. The number of nitrogens with one attached hydrogen (secondary N) is 1. The molecule has 1 aromatic rings. The topological polar surface area (TPSA) is 59.9 Å². The molecule has 0 bridgehead atoms. The molecule has 1 unspecified atom stereocenters. The molecule has 0 aliphatic heterocycles. The third-order valence-electron chi connectivity index (χ3n) is 1.60. The van der Waals surface area contributed by atoms with Crippen molar-refractivity contribution in [1.29, 1.82) is 5.26 Å². The Morgan fingerprint density at radius 2 is 2.17 bits per heavy atom. The Kier molecular flexibility index (Phi) is 2.75. The van der Waals surface area contributed by atoms with Gasteiger partial charge >= 0.3 is 0 Å². The van der Waals surface area contributed by atoms with Gasteiger partial charge in [0.15, 0.2) is 12.4 Å². The lowest BCUT2D eigenvalue weighted by Crippen LogP contribution is -2.27. The van der Waals surface area contributed by atoms with Crippen molar-refractivity contribution in [2.45, 2.75) is 6.04 Å². The maximum Gasteiger partial charge on any atom is 0.168 e. The molecule has 0 spiro atoms. The third-order valence-corrected chi connectivity index (χ3v) is 1.60. The second kappa shape index (κ2) is 3.81. The normalized spacial score (nSPS) is 12.1. The molecule has 2 N–H and O–H groups in total. The Morgan fingerprint density at radius 1 is 1.58 bits per heavy atom. The molecule has 4 heteroatoms. The van der Waals surface area contributed by atoms with E-state index >= 15 is 0 Å². The van der Waals surface area contributed by atoms with E-state index in [0.717, 1.165) is 5.56 Å². The molecule has 0 amide bonds. The highest BCUT2D eigenvalue weighted by Gasteiger charge is 2.08. The summed E-state index contributed by atoms with van der Waals surface area (Å²) in [4.78, 5) is 0. The summed E-state index contributed by atoms with van der Waals surface area (Å²) in [6.45, 7) is 0. The van der Waals surface area contributed by atoms with Crippen LogP contribution in [0.2, 0.25) is 0 Å². The van der Waals surface area contributed by atoms with Crippen molar-refractivity contribution in [1.82, 2.24) is 5.48 Å². The van der Waals surface area contributed by atoms with E-state index in [4.69, 9.17) is 10.5 Å². The highest BCUT2D eigenvalue weighted by atomic mass is 16.5. The fraction of sp³-hybridized carbons (Fsp3) is 0.250. The zero-order valence-corrected chi connectivity index (χ0v) is 6.73. The van der Waals surface area contributed by atoms with E-state index in [1.165, 1.54) is 0 Å². The molecule has 62 valence electrons. The van der Waals surface area contributed by atoms with Gasteiger partial charge in [-0.25, -0.2) is 4.57 Å². The zero-order chi connectivity index (χ0) is 8.97. The summed E-state index contributed by atoms with van der Waals surface area (Å²) >= 11 is 0. The molecule has 12 heavy (non-hydrogen) atoms. The van der Waals surface area contributed by atoms with Gasteiger partial charge in [-0.2, -0.15) is 10.7 Å². The first-order valence-electron chi connectivity index (χ1n) is 3.52. The Hall–Kier alpha value is -1.44. The van der Waals surface area contributed by atoms with Crippen LogP contribution in [0.5, 0.6) is 0 Å². The van der Waals surface area contributed by atoms with Crippen LogP contribution >= 0.6 is 0 Å². The first-order valence-corrected chi connectivity index (χ1v) is 3.52. The molecule has 0 saturated heterocycles. The van der Waals surface area contributed by atoms with Gasteiger partial charge in [0.1, 0.15) is 13.1 Å². The Labute approximate surface area is 70.6 Å². The quantitative estimate of drug-likeness (QED) is 0.480. The summed E-state index contributed by atoms with van der Waals surface area (Å²) in [5.41, 5.74) is 2.67. The van der Waals surface area contributed by atoms with E-state index < -0.39 is 6.04 Å². The minimum Gasteiger partial charge on any atom is -0.315 e. The summed E-state index contributed by atoms with van der Waals surface area (Å²) in [5.74, 6) is 0. The van der Waals surface area contributed by atoms with Gasteiger partial charge in [-0.15, -0.1) is 0 Å². The largest absolute Gasteiger partial charge is 0.315 e. The molecular formula is C8H10N3O+. The highest BCUT2D eigenvalue weighted by molar-refractivity contribution is 5.18. The fourth-order valence-corrected chi connectivity index (χ4v) is 0.883. The average Bonchev–Trinajstić information content (AvgIpc) is 2.10. The fourth-order valence-electron chi connectivity index (χ4n) is 0.883. The summed E-state index contributed by atoms with van der Waals surface area (Å²) in [6.07, 6.45) is 3.63. The van der Waals surface area contributed by atoms with E-state index in [0.29, 0.717) is 0 Å². The minimum absolute atomic E-state index is 0.647. The van der Waals surface area contributed by atoms with Gasteiger partial charge in [0.25, 0.3) is 0 Å². The van der Waals surface area contributed by atoms with E-state index in [-0.39, 0.29) is 0 Å². The van der Waals surface area contributed by atoms with Crippen molar-refractivity contribution >= 4 is 0 Å². The lowest BCUT2D eigenvalue weighted by molar-refractivity contribution is -0.671. The molecule has 1 rings (SSSR count). The Balaban J connectivity index is 2.89. The van der Waals surface area contributed by atoms with Gasteiger partial charge in [0.05, 0.1) is 6.07 Å². The number of hydroxylamine groups is 1. The van der Waals surface area contributed by atoms with Crippen molar-refractivity contribution < 1.29 is 9.77 Å². The van der Waals surface area contributed by atoms with Crippen LogP contribution in [-0.4, -0.2) is 5.21 Å². The summed E-state index contributed by atoms with van der Waals surface area (Å²) in [7, 11) is 1.89. The maximum atomic E-state index is 8.57. The number of nitrogens with zero attached hydrogens (tertiary/aromatic N) is 2. The molecular weight excluding hydrogens is 154 g/mol. The SMILES string of the molecule is C[n+]1ccc(C(C#N)NO)cc1. The number of aryl methyl sites for hydroxylation is 1.